The van der Waals surface area contributed by atoms with Gasteiger partial charge >= 0.3 is 0 Å². The summed E-state index contributed by atoms with van der Waals surface area (Å²) in [7, 11) is 1.60. The Morgan fingerprint density at radius 2 is 2.21 bits per heavy atom. The van der Waals surface area contributed by atoms with Gasteiger partial charge < -0.3 is 9.64 Å². The second-order valence-electron chi connectivity index (χ2n) is 7.36. The first-order valence-corrected chi connectivity index (χ1v) is 11.4. The quantitative estimate of drug-likeness (QED) is 0.484. The first-order valence-electron chi connectivity index (χ1n) is 10.1. The zero-order chi connectivity index (χ0) is 21.0. The SMILES string of the molecule is CCC1CCCCN1C(=O)C(C)Sc1nc2cc(Cl)ccc2c(=O)n1CCOC. The molecule has 0 N–H and O–H groups in total. The van der Waals surface area contributed by atoms with E-state index in [1.165, 1.54) is 18.2 Å². The first kappa shape index (κ1) is 22.1. The summed E-state index contributed by atoms with van der Waals surface area (Å²) in [5.74, 6) is 0.111. The van der Waals surface area contributed by atoms with Crippen molar-refractivity contribution in [1.29, 1.82) is 0 Å². The Labute approximate surface area is 180 Å². The van der Waals surface area contributed by atoms with E-state index in [0.29, 0.717) is 40.3 Å². The summed E-state index contributed by atoms with van der Waals surface area (Å²) in [6, 6.07) is 5.37. The summed E-state index contributed by atoms with van der Waals surface area (Å²) >= 11 is 7.43. The van der Waals surface area contributed by atoms with E-state index >= 15 is 0 Å². The smallest absolute Gasteiger partial charge is 0.262 e. The molecule has 0 aliphatic carbocycles. The Morgan fingerprint density at radius 1 is 1.41 bits per heavy atom. The van der Waals surface area contributed by atoms with E-state index in [4.69, 9.17) is 16.3 Å². The number of hydrogen-bond donors (Lipinski definition) is 0. The first-order chi connectivity index (χ1) is 14.0. The molecule has 1 saturated heterocycles. The molecule has 6 nitrogen and oxygen atoms in total. The summed E-state index contributed by atoms with van der Waals surface area (Å²) in [5.41, 5.74) is 0.401. The Bertz CT molecular complexity index is 933. The van der Waals surface area contributed by atoms with Gasteiger partial charge in [0.2, 0.25) is 5.91 Å². The minimum Gasteiger partial charge on any atom is -0.383 e. The van der Waals surface area contributed by atoms with Crippen molar-refractivity contribution in [3.63, 3.8) is 0 Å². The van der Waals surface area contributed by atoms with Crippen LogP contribution >= 0.6 is 23.4 Å². The van der Waals surface area contributed by atoms with Gasteiger partial charge in [0, 0.05) is 24.7 Å². The van der Waals surface area contributed by atoms with Crippen LogP contribution in [0.5, 0.6) is 0 Å². The van der Waals surface area contributed by atoms with Crippen LogP contribution in [-0.2, 0) is 16.1 Å². The second-order valence-corrected chi connectivity index (χ2v) is 9.10. The molecule has 158 valence electrons. The van der Waals surface area contributed by atoms with Crippen molar-refractivity contribution in [1.82, 2.24) is 14.5 Å². The number of ether oxygens (including phenoxy) is 1. The Balaban J connectivity index is 1.92. The Morgan fingerprint density at radius 3 is 2.93 bits per heavy atom. The molecule has 1 aliphatic rings. The van der Waals surface area contributed by atoms with Crippen molar-refractivity contribution >= 4 is 40.2 Å². The molecule has 1 aromatic carbocycles. The highest BCUT2D eigenvalue weighted by Gasteiger charge is 2.30. The highest BCUT2D eigenvalue weighted by Crippen LogP contribution is 2.28. The Hall–Kier alpha value is -1.57. The maximum absolute atomic E-state index is 13.1. The maximum Gasteiger partial charge on any atom is 0.262 e. The molecule has 0 spiro atoms. The fraction of sp³-hybridized carbons (Fsp3) is 0.571. The maximum atomic E-state index is 13.1. The summed E-state index contributed by atoms with van der Waals surface area (Å²) in [6.07, 6.45) is 4.25. The number of hydrogen-bond acceptors (Lipinski definition) is 5. The Kier molecular flexibility index (Phi) is 7.60. The zero-order valence-electron chi connectivity index (χ0n) is 17.2. The van der Waals surface area contributed by atoms with E-state index in [1.54, 1.807) is 29.9 Å². The number of rotatable bonds is 7. The van der Waals surface area contributed by atoms with Gasteiger partial charge in [-0.25, -0.2) is 4.98 Å². The second kappa shape index (κ2) is 9.96. The topological polar surface area (TPSA) is 64.4 Å². The average molecular weight is 438 g/mol. The van der Waals surface area contributed by atoms with Gasteiger partial charge in [-0.15, -0.1) is 0 Å². The monoisotopic (exact) mass is 437 g/mol. The third-order valence-electron chi connectivity index (χ3n) is 5.41. The van der Waals surface area contributed by atoms with Crippen molar-refractivity contribution in [3.05, 3.63) is 33.6 Å². The molecule has 2 atom stereocenters. The molecule has 29 heavy (non-hydrogen) atoms. The number of piperidine rings is 1. The lowest BCUT2D eigenvalue weighted by molar-refractivity contribution is -0.134. The fourth-order valence-electron chi connectivity index (χ4n) is 3.80. The number of likely N-dealkylation sites (tertiary alicyclic amines) is 1. The lowest BCUT2D eigenvalue weighted by atomic mass is 10.00. The van der Waals surface area contributed by atoms with Gasteiger partial charge in [0.15, 0.2) is 5.16 Å². The standard InChI is InChI=1S/C21H28ClN3O3S/c1-4-16-7-5-6-10-24(16)19(26)14(2)29-21-23-18-13-15(22)8-9-17(18)20(27)25(21)11-12-28-3/h8-9,13-14,16H,4-7,10-12H2,1-3H3. The number of methoxy groups -OCH3 is 1. The van der Waals surface area contributed by atoms with E-state index in [0.717, 1.165) is 25.8 Å². The third kappa shape index (κ3) is 4.95. The van der Waals surface area contributed by atoms with Crippen LogP contribution in [0.4, 0.5) is 0 Å². The van der Waals surface area contributed by atoms with Crippen LogP contribution in [0.2, 0.25) is 5.02 Å². The van der Waals surface area contributed by atoms with Crippen LogP contribution in [0.3, 0.4) is 0 Å². The molecule has 2 heterocycles. The van der Waals surface area contributed by atoms with E-state index in [9.17, 15) is 9.59 Å². The number of halogens is 1. The summed E-state index contributed by atoms with van der Waals surface area (Å²) in [4.78, 5) is 32.9. The van der Waals surface area contributed by atoms with Crippen molar-refractivity contribution in [2.45, 2.75) is 62.5 Å². The van der Waals surface area contributed by atoms with Crippen LogP contribution in [0.1, 0.15) is 39.5 Å². The number of benzene rings is 1. The normalized spacial score (nSPS) is 18.2. The van der Waals surface area contributed by atoms with E-state index < -0.39 is 0 Å². The average Bonchev–Trinajstić information content (AvgIpc) is 2.72. The molecule has 1 aliphatic heterocycles. The number of nitrogens with zero attached hydrogens (tertiary/aromatic N) is 3. The van der Waals surface area contributed by atoms with E-state index in [-0.39, 0.29) is 16.7 Å². The predicted molar refractivity (Wildman–Crippen MR) is 118 cm³/mol. The minimum atomic E-state index is -0.334. The number of carbonyl (C=O) groups excluding carboxylic acids is 1. The molecule has 3 rings (SSSR count). The molecule has 0 radical (unpaired) electrons. The molecule has 2 unspecified atom stereocenters. The van der Waals surface area contributed by atoms with Crippen molar-refractivity contribution in [2.24, 2.45) is 0 Å². The molecule has 1 amide bonds. The molecule has 1 aromatic heterocycles. The largest absolute Gasteiger partial charge is 0.383 e. The number of amides is 1. The van der Waals surface area contributed by atoms with Gasteiger partial charge in [-0.3, -0.25) is 14.2 Å². The summed E-state index contributed by atoms with van der Waals surface area (Å²) in [5, 5.41) is 1.22. The van der Waals surface area contributed by atoms with Crippen LogP contribution in [0.15, 0.2) is 28.2 Å². The molecular weight excluding hydrogens is 410 g/mol. The fourth-order valence-corrected chi connectivity index (χ4v) is 4.97. The highest BCUT2D eigenvalue weighted by molar-refractivity contribution is 8.00. The van der Waals surface area contributed by atoms with E-state index in [2.05, 4.69) is 11.9 Å². The summed E-state index contributed by atoms with van der Waals surface area (Å²) < 4.78 is 6.77. The third-order valence-corrected chi connectivity index (χ3v) is 6.73. The molecule has 1 fully saturated rings. The van der Waals surface area contributed by atoms with Gasteiger partial charge in [-0.05, 0) is 50.8 Å². The summed E-state index contributed by atoms with van der Waals surface area (Å²) in [6.45, 7) is 5.60. The lowest BCUT2D eigenvalue weighted by Gasteiger charge is -2.36. The lowest BCUT2D eigenvalue weighted by Crippen LogP contribution is -2.46. The number of fused-ring (bicyclic) bond motifs is 1. The highest BCUT2D eigenvalue weighted by atomic mass is 35.5. The van der Waals surface area contributed by atoms with Crippen LogP contribution in [-0.4, -0.2) is 51.9 Å². The predicted octanol–water partition coefficient (Wildman–Crippen LogP) is 3.97. The molecular formula is C21H28ClN3O3S. The zero-order valence-corrected chi connectivity index (χ0v) is 18.8. The molecule has 2 aromatic rings. The van der Waals surface area contributed by atoms with Crippen molar-refractivity contribution in [3.8, 4) is 0 Å². The minimum absolute atomic E-state index is 0.111. The molecule has 8 heteroatoms. The molecule has 0 saturated carbocycles. The van der Waals surface area contributed by atoms with Crippen LogP contribution in [0.25, 0.3) is 10.9 Å². The number of aromatic nitrogens is 2. The van der Waals surface area contributed by atoms with Crippen molar-refractivity contribution in [2.75, 3.05) is 20.3 Å². The number of thioether (sulfide) groups is 1. The number of carbonyl (C=O) groups is 1. The van der Waals surface area contributed by atoms with Gasteiger partial charge in [0.1, 0.15) is 0 Å². The van der Waals surface area contributed by atoms with Crippen LogP contribution in [0, 0.1) is 0 Å². The van der Waals surface area contributed by atoms with Gasteiger partial charge in [0.05, 0.1) is 29.3 Å². The van der Waals surface area contributed by atoms with Gasteiger partial charge in [-0.2, -0.15) is 0 Å². The van der Waals surface area contributed by atoms with Gasteiger partial charge in [-0.1, -0.05) is 30.3 Å². The van der Waals surface area contributed by atoms with E-state index in [1.807, 2.05) is 11.8 Å². The van der Waals surface area contributed by atoms with Gasteiger partial charge in [0.25, 0.3) is 5.56 Å². The van der Waals surface area contributed by atoms with Crippen molar-refractivity contribution < 1.29 is 9.53 Å². The molecule has 0 bridgehead atoms. The van der Waals surface area contributed by atoms with Crippen LogP contribution < -0.4 is 5.56 Å².